The number of aliphatic hydroxyl groups is 3. The summed E-state index contributed by atoms with van der Waals surface area (Å²) in [4.78, 5) is 12.7. The van der Waals surface area contributed by atoms with Gasteiger partial charge in [-0.2, -0.15) is 8.42 Å². The van der Waals surface area contributed by atoms with Crippen LogP contribution >= 0.6 is 0 Å². The van der Waals surface area contributed by atoms with Gasteiger partial charge < -0.3 is 34.3 Å². The maximum Gasteiger partial charge on any atom is 0.397 e. The normalized spacial score (nSPS) is 21.4. The molecule has 12 nitrogen and oxygen atoms in total. The smallest absolute Gasteiger partial charge is 0.397 e. The maximum atomic E-state index is 12.7. The highest BCUT2D eigenvalue weighted by atomic mass is 32.3. The molecule has 0 aromatic heterocycles. The Hall–Kier alpha value is -0.900. The second-order valence-electron chi connectivity index (χ2n) is 14.6. The van der Waals surface area contributed by atoms with Gasteiger partial charge in [-0.15, -0.1) is 0 Å². The Morgan fingerprint density at radius 2 is 1.10 bits per heavy atom. The maximum absolute atomic E-state index is 12.7. The predicted molar refractivity (Wildman–Crippen MR) is 202 cm³/mol. The molecule has 1 fully saturated rings. The molecule has 4 N–H and O–H groups in total. The molecular weight excluding hydrogens is 692 g/mol. The molecule has 6 atom stereocenters. The van der Waals surface area contributed by atoms with Gasteiger partial charge in [0.2, 0.25) is 0 Å². The fourth-order valence-corrected chi connectivity index (χ4v) is 7.06. The highest BCUT2D eigenvalue weighted by molar-refractivity contribution is 7.80. The SMILES string of the molecule is CCCCCCCCCCCCCCCCCCOCC(COC1OC(CO)C(O)C(OS(=O)(=O)O)C1O)OC(=O)CCCCCCCCCCC. The minimum atomic E-state index is -5.05. The molecule has 6 unspecified atom stereocenters. The molecule has 0 amide bonds. The molecule has 0 aromatic carbocycles. The van der Waals surface area contributed by atoms with Crippen LogP contribution in [0, 0.1) is 0 Å². The van der Waals surface area contributed by atoms with Crippen molar-refractivity contribution in [3.05, 3.63) is 0 Å². The Bertz CT molecular complexity index is 936. The van der Waals surface area contributed by atoms with Gasteiger partial charge in [0, 0.05) is 13.0 Å². The lowest BCUT2D eigenvalue weighted by molar-refractivity contribution is -0.301. The minimum Gasteiger partial charge on any atom is -0.457 e. The average Bonchev–Trinajstić information content (AvgIpc) is 3.11. The van der Waals surface area contributed by atoms with E-state index in [-0.39, 0.29) is 19.6 Å². The van der Waals surface area contributed by atoms with Crippen LogP contribution in [0.5, 0.6) is 0 Å². The third-order valence-electron chi connectivity index (χ3n) is 9.73. The second kappa shape index (κ2) is 32.4. The third kappa shape index (κ3) is 26.0. The summed E-state index contributed by atoms with van der Waals surface area (Å²) in [7, 11) is -5.05. The molecule has 1 saturated heterocycles. The molecule has 0 bridgehead atoms. The molecule has 0 saturated carbocycles. The summed E-state index contributed by atoms with van der Waals surface area (Å²) >= 11 is 0. The Balaban J connectivity index is 2.43. The predicted octanol–water partition coefficient (Wildman–Crippen LogP) is 7.74. The van der Waals surface area contributed by atoms with Crippen molar-refractivity contribution in [2.45, 2.75) is 218 Å². The van der Waals surface area contributed by atoms with Gasteiger partial charge >= 0.3 is 16.4 Å². The van der Waals surface area contributed by atoms with E-state index in [1.165, 1.54) is 116 Å². The number of esters is 1. The van der Waals surface area contributed by atoms with Crippen LogP contribution in [0.3, 0.4) is 0 Å². The van der Waals surface area contributed by atoms with Crippen molar-refractivity contribution < 1.29 is 56.2 Å². The Morgan fingerprint density at radius 3 is 1.54 bits per heavy atom. The van der Waals surface area contributed by atoms with Crippen molar-refractivity contribution in [2.75, 3.05) is 26.4 Å². The van der Waals surface area contributed by atoms with Gasteiger partial charge in [0.1, 0.15) is 30.5 Å². The van der Waals surface area contributed by atoms with Crippen molar-refractivity contribution >= 4 is 16.4 Å². The fraction of sp³-hybridized carbons (Fsp3) is 0.974. The van der Waals surface area contributed by atoms with E-state index in [1.807, 2.05) is 0 Å². The lowest BCUT2D eigenvalue weighted by Gasteiger charge is -2.41. The molecule has 310 valence electrons. The van der Waals surface area contributed by atoms with Crippen molar-refractivity contribution in [3.8, 4) is 0 Å². The Kier molecular flexibility index (Phi) is 30.6. The summed E-state index contributed by atoms with van der Waals surface area (Å²) in [5.74, 6) is -0.399. The summed E-state index contributed by atoms with van der Waals surface area (Å²) < 4.78 is 58.8. The van der Waals surface area contributed by atoms with E-state index in [0.29, 0.717) is 13.0 Å². The van der Waals surface area contributed by atoms with Gasteiger partial charge in [-0.3, -0.25) is 9.35 Å². The first-order chi connectivity index (χ1) is 25.1. The van der Waals surface area contributed by atoms with E-state index in [4.69, 9.17) is 23.5 Å². The zero-order chi connectivity index (χ0) is 38.3. The molecule has 0 spiro atoms. The standard InChI is InChI=1S/C39H76O12S/c1-3-5-7-9-11-13-14-15-16-17-18-19-21-23-25-27-29-47-31-33(49-35(41)28-26-24-22-20-12-10-8-6-4-2)32-48-39-37(43)38(51-52(44,45)46)36(42)34(30-40)50-39/h33-34,36-40,42-43H,3-32H2,1-2H3,(H,44,45,46). The highest BCUT2D eigenvalue weighted by Gasteiger charge is 2.48. The molecule has 0 aliphatic carbocycles. The van der Waals surface area contributed by atoms with E-state index in [9.17, 15) is 28.5 Å². The minimum absolute atomic E-state index is 0.0437. The highest BCUT2D eigenvalue weighted by Crippen LogP contribution is 2.26. The zero-order valence-electron chi connectivity index (χ0n) is 32.6. The molecule has 1 heterocycles. The van der Waals surface area contributed by atoms with Crippen LogP contribution < -0.4 is 0 Å². The van der Waals surface area contributed by atoms with Crippen LogP contribution in [0.4, 0.5) is 0 Å². The summed E-state index contributed by atoms with van der Waals surface area (Å²) in [6.45, 7) is 3.98. The van der Waals surface area contributed by atoms with Gasteiger partial charge in [-0.25, -0.2) is 4.18 Å². The second-order valence-corrected chi connectivity index (χ2v) is 15.6. The molecule has 0 radical (unpaired) electrons. The largest absolute Gasteiger partial charge is 0.457 e. The van der Waals surface area contributed by atoms with Crippen molar-refractivity contribution in [3.63, 3.8) is 0 Å². The molecule has 1 aliphatic heterocycles. The van der Waals surface area contributed by atoms with E-state index >= 15 is 0 Å². The lowest BCUT2D eigenvalue weighted by Crippen LogP contribution is -2.60. The number of rotatable bonds is 36. The number of hydrogen-bond acceptors (Lipinski definition) is 11. The number of ether oxygens (including phenoxy) is 4. The topological polar surface area (TPSA) is 178 Å². The van der Waals surface area contributed by atoms with E-state index in [2.05, 4.69) is 18.0 Å². The summed E-state index contributed by atoms with van der Waals surface area (Å²) in [5.41, 5.74) is 0. The van der Waals surface area contributed by atoms with Crippen LogP contribution in [0.25, 0.3) is 0 Å². The summed E-state index contributed by atoms with van der Waals surface area (Å²) in [6, 6.07) is 0. The molecule has 0 aromatic rings. The van der Waals surface area contributed by atoms with Gasteiger partial charge in [-0.05, 0) is 12.8 Å². The van der Waals surface area contributed by atoms with Crippen LogP contribution in [-0.2, 0) is 38.3 Å². The summed E-state index contributed by atoms with van der Waals surface area (Å²) in [6.07, 6.45) is 21.5. The van der Waals surface area contributed by atoms with Crippen LogP contribution in [-0.4, -0.2) is 97.5 Å². The monoisotopic (exact) mass is 769 g/mol. The molecular formula is C39H76O12S. The van der Waals surface area contributed by atoms with Crippen molar-refractivity contribution in [1.29, 1.82) is 0 Å². The van der Waals surface area contributed by atoms with Gasteiger partial charge in [0.15, 0.2) is 6.29 Å². The first kappa shape index (κ1) is 49.1. The number of carbonyl (C=O) groups is 1. The van der Waals surface area contributed by atoms with E-state index in [1.54, 1.807) is 0 Å². The van der Waals surface area contributed by atoms with Crippen LogP contribution in [0.1, 0.15) is 181 Å². The number of carbonyl (C=O) groups excluding carboxylic acids is 1. The lowest BCUT2D eigenvalue weighted by atomic mass is 9.99. The average molecular weight is 769 g/mol. The van der Waals surface area contributed by atoms with Gasteiger partial charge in [0.05, 0.1) is 19.8 Å². The van der Waals surface area contributed by atoms with Crippen LogP contribution in [0.15, 0.2) is 0 Å². The van der Waals surface area contributed by atoms with Crippen molar-refractivity contribution in [1.82, 2.24) is 0 Å². The first-order valence-electron chi connectivity index (χ1n) is 20.8. The quantitative estimate of drug-likeness (QED) is 0.0277. The van der Waals surface area contributed by atoms with E-state index < -0.39 is 59.8 Å². The van der Waals surface area contributed by atoms with Crippen LogP contribution in [0.2, 0.25) is 0 Å². The van der Waals surface area contributed by atoms with E-state index in [0.717, 1.165) is 38.5 Å². The number of unbranched alkanes of at least 4 members (excludes halogenated alkanes) is 23. The molecule has 1 rings (SSSR count). The molecule has 52 heavy (non-hydrogen) atoms. The number of aliphatic hydroxyl groups excluding tert-OH is 3. The third-order valence-corrected chi connectivity index (χ3v) is 10.2. The summed E-state index contributed by atoms with van der Waals surface area (Å²) in [5, 5.41) is 30.5. The Morgan fingerprint density at radius 1 is 0.654 bits per heavy atom. The van der Waals surface area contributed by atoms with Gasteiger partial charge in [-0.1, -0.05) is 162 Å². The number of hydrogen-bond donors (Lipinski definition) is 4. The molecule has 13 heteroatoms. The first-order valence-corrected chi connectivity index (χ1v) is 22.2. The van der Waals surface area contributed by atoms with Crippen molar-refractivity contribution in [2.24, 2.45) is 0 Å². The fourth-order valence-electron chi connectivity index (χ4n) is 6.56. The Labute approximate surface area is 316 Å². The van der Waals surface area contributed by atoms with Gasteiger partial charge in [0.25, 0.3) is 0 Å². The zero-order valence-corrected chi connectivity index (χ0v) is 33.5. The molecule has 1 aliphatic rings.